The maximum atomic E-state index is 6.18. The summed E-state index contributed by atoms with van der Waals surface area (Å²) in [5, 5.41) is 0.761. The van der Waals surface area contributed by atoms with Gasteiger partial charge in [-0.05, 0) is 31.5 Å². The standard InChI is InChI=1S/C14H21ClN2O/c1-10-9-18-8-7-17(10)14(11(2)16)12-3-5-13(15)6-4-12/h3-6,10-11,14H,7-9,16H2,1-2H3. The highest BCUT2D eigenvalue weighted by molar-refractivity contribution is 6.30. The molecule has 2 rings (SSSR count). The van der Waals surface area contributed by atoms with Gasteiger partial charge in [-0.3, -0.25) is 4.90 Å². The summed E-state index contributed by atoms with van der Waals surface area (Å²) < 4.78 is 5.49. The SMILES string of the molecule is CC(N)C(c1ccc(Cl)cc1)N1CCOCC1C. The third-order valence-corrected chi connectivity index (χ3v) is 3.74. The Kier molecular flexibility index (Phi) is 4.62. The number of hydrogen-bond acceptors (Lipinski definition) is 3. The molecule has 0 saturated carbocycles. The molecular weight excluding hydrogens is 248 g/mol. The first-order valence-electron chi connectivity index (χ1n) is 6.44. The fraction of sp³-hybridized carbons (Fsp3) is 0.571. The summed E-state index contributed by atoms with van der Waals surface area (Å²) in [6.07, 6.45) is 0. The van der Waals surface area contributed by atoms with Crippen LogP contribution in [0.5, 0.6) is 0 Å². The van der Waals surface area contributed by atoms with Gasteiger partial charge < -0.3 is 10.5 Å². The number of rotatable bonds is 3. The van der Waals surface area contributed by atoms with E-state index >= 15 is 0 Å². The largest absolute Gasteiger partial charge is 0.379 e. The van der Waals surface area contributed by atoms with Gasteiger partial charge in [-0.25, -0.2) is 0 Å². The van der Waals surface area contributed by atoms with E-state index in [-0.39, 0.29) is 12.1 Å². The first-order chi connectivity index (χ1) is 8.59. The molecule has 3 nitrogen and oxygen atoms in total. The molecule has 0 spiro atoms. The van der Waals surface area contributed by atoms with E-state index in [9.17, 15) is 0 Å². The van der Waals surface area contributed by atoms with Crippen molar-refractivity contribution in [1.82, 2.24) is 4.90 Å². The Morgan fingerprint density at radius 3 is 2.61 bits per heavy atom. The van der Waals surface area contributed by atoms with Crippen LogP contribution in [0.25, 0.3) is 0 Å². The molecule has 1 heterocycles. The van der Waals surface area contributed by atoms with E-state index < -0.39 is 0 Å². The van der Waals surface area contributed by atoms with Crippen molar-refractivity contribution < 1.29 is 4.74 Å². The topological polar surface area (TPSA) is 38.5 Å². The monoisotopic (exact) mass is 268 g/mol. The molecule has 1 aromatic carbocycles. The van der Waals surface area contributed by atoms with Crippen molar-refractivity contribution in [3.63, 3.8) is 0 Å². The predicted molar refractivity (Wildman–Crippen MR) is 74.8 cm³/mol. The smallest absolute Gasteiger partial charge is 0.0620 e. The number of morpholine rings is 1. The van der Waals surface area contributed by atoms with Gasteiger partial charge in [0.2, 0.25) is 0 Å². The average molecular weight is 269 g/mol. The van der Waals surface area contributed by atoms with Crippen molar-refractivity contribution >= 4 is 11.6 Å². The lowest BCUT2D eigenvalue weighted by Crippen LogP contribution is -2.50. The van der Waals surface area contributed by atoms with Gasteiger partial charge in [-0.2, -0.15) is 0 Å². The van der Waals surface area contributed by atoms with Crippen molar-refractivity contribution in [3.8, 4) is 0 Å². The number of nitrogens with zero attached hydrogens (tertiary/aromatic N) is 1. The molecule has 1 saturated heterocycles. The second-order valence-electron chi connectivity index (χ2n) is 5.02. The van der Waals surface area contributed by atoms with Gasteiger partial charge in [0.05, 0.1) is 19.3 Å². The lowest BCUT2D eigenvalue weighted by Gasteiger charge is -2.41. The second-order valence-corrected chi connectivity index (χ2v) is 5.45. The van der Waals surface area contributed by atoms with Crippen LogP contribution >= 0.6 is 11.6 Å². The molecule has 100 valence electrons. The molecule has 18 heavy (non-hydrogen) atoms. The third-order valence-electron chi connectivity index (χ3n) is 3.49. The summed E-state index contributed by atoms with van der Waals surface area (Å²) in [5.74, 6) is 0. The first kappa shape index (κ1) is 13.8. The molecule has 1 aromatic rings. The lowest BCUT2D eigenvalue weighted by atomic mass is 9.97. The van der Waals surface area contributed by atoms with Gasteiger partial charge >= 0.3 is 0 Å². The molecule has 3 unspecified atom stereocenters. The van der Waals surface area contributed by atoms with Crippen LogP contribution in [-0.2, 0) is 4.74 Å². The van der Waals surface area contributed by atoms with Gasteiger partial charge in [0.15, 0.2) is 0 Å². The molecule has 3 atom stereocenters. The van der Waals surface area contributed by atoms with E-state index in [2.05, 4.69) is 30.9 Å². The van der Waals surface area contributed by atoms with Gasteiger partial charge in [-0.15, -0.1) is 0 Å². The highest BCUT2D eigenvalue weighted by atomic mass is 35.5. The van der Waals surface area contributed by atoms with E-state index in [1.54, 1.807) is 0 Å². The summed E-state index contributed by atoms with van der Waals surface area (Å²) in [6.45, 7) is 6.72. The van der Waals surface area contributed by atoms with Crippen molar-refractivity contribution in [3.05, 3.63) is 34.9 Å². The van der Waals surface area contributed by atoms with Crippen LogP contribution in [-0.4, -0.2) is 36.7 Å². The Hall–Kier alpha value is -0.610. The average Bonchev–Trinajstić information content (AvgIpc) is 2.34. The number of nitrogens with two attached hydrogens (primary N) is 1. The summed E-state index contributed by atoms with van der Waals surface area (Å²) in [6, 6.07) is 8.68. The number of ether oxygens (including phenoxy) is 1. The summed E-state index contributed by atoms with van der Waals surface area (Å²) in [4.78, 5) is 2.43. The molecule has 0 radical (unpaired) electrons. The second kappa shape index (κ2) is 6.02. The van der Waals surface area contributed by atoms with Gasteiger partial charge in [0.25, 0.3) is 0 Å². The molecule has 1 aliphatic rings. The summed E-state index contributed by atoms with van der Waals surface area (Å²) >= 11 is 5.95. The zero-order chi connectivity index (χ0) is 13.1. The van der Waals surface area contributed by atoms with Crippen molar-refractivity contribution in [2.75, 3.05) is 19.8 Å². The van der Waals surface area contributed by atoms with Crippen LogP contribution < -0.4 is 5.73 Å². The Morgan fingerprint density at radius 2 is 2.06 bits per heavy atom. The zero-order valence-corrected chi connectivity index (χ0v) is 11.7. The molecular formula is C14H21ClN2O. The molecule has 0 aromatic heterocycles. The zero-order valence-electron chi connectivity index (χ0n) is 11.0. The Balaban J connectivity index is 2.24. The van der Waals surface area contributed by atoms with Crippen LogP contribution in [0.4, 0.5) is 0 Å². The van der Waals surface area contributed by atoms with Crippen molar-refractivity contribution in [2.24, 2.45) is 5.73 Å². The maximum absolute atomic E-state index is 6.18. The normalized spacial score (nSPS) is 24.8. The fourth-order valence-corrected chi connectivity index (χ4v) is 2.74. The van der Waals surface area contributed by atoms with Crippen molar-refractivity contribution in [2.45, 2.75) is 32.0 Å². The quantitative estimate of drug-likeness (QED) is 0.915. The molecule has 0 bridgehead atoms. The van der Waals surface area contributed by atoms with E-state index in [4.69, 9.17) is 22.1 Å². The Labute approximate surface area is 114 Å². The number of hydrogen-bond donors (Lipinski definition) is 1. The van der Waals surface area contributed by atoms with Gasteiger partial charge in [0.1, 0.15) is 0 Å². The van der Waals surface area contributed by atoms with Crippen LogP contribution in [0.3, 0.4) is 0 Å². The highest BCUT2D eigenvalue weighted by Gasteiger charge is 2.29. The highest BCUT2D eigenvalue weighted by Crippen LogP contribution is 2.28. The Morgan fingerprint density at radius 1 is 1.39 bits per heavy atom. The van der Waals surface area contributed by atoms with Crippen LogP contribution in [0.2, 0.25) is 5.02 Å². The number of benzene rings is 1. The molecule has 1 fully saturated rings. The minimum absolute atomic E-state index is 0.0757. The Bertz CT molecular complexity index is 380. The maximum Gasteiger partial charge on any atom is 0.0620 e. The summed E-state index contributed by atoms with van der Waals surface area (Å²) in [7, 11) is 0. The van der Waals surface area contributed by atoms with Crippen LogP contribution in [0, 0.1) is 0 Å². The molecule has 2 N–H and O–H groups in total. The molecule has 1 aliphatic heterocycles. The van der Waals surface area contributed by atoms with Gasteiger partial charge in [-0.1, -0.05) is 23.7 Å². The van der Waals surface area contributed by atoms with E-state index in [1.807, 2.05) is 12.1 Å². The first-order valence-corrected chi connectivity index (χ1v) is 6.82. The van der Waals surface area contributed by atoms with Crippen LogP contribution in [0.15, 0.2) is 24.3 Å². The minimum atomic E-state index is 0.0757. The van der Waals surface area contributed by atoms with E-state index in [0.29, 0.717) is 6.04 Å². The summed E-state index contributed by atoms with van der Waals surface area (Å²) in [5.41, 5.74) is 7.41. The molecule has 0 amide bonds. The van der Waals surface area contributed by atoms with Crippen LogP contribution in [0.1, 0.15) is 25.5 Å². The molecule has 0 aliphatic carbocycles. The minimum Gasteiger partial charge on any atom is -0.379 e. The lowest BCUT2D eigenvalue weighted by molar-refractivity contribution is -0.0268. The van der Waals surface area contributed by atoms with E-state index in [0.717, 1.165) is 24.8 Å². The fourth-order valence-electron chi connectivity index (χ4n) is 2.61. The molecule has 4 heteroatoms. The third kappa shape index (κ3) is 3.04. The van der Waals surface area contributed by atoms with E-state index in [1.165, 1.54) is 5.56 Å². The predicted octanol–water partition coefficient (Wildman–Crippen LogP) is 2.45. The number of halogens is 1. The van der Waals surface area contributed by atoms with Crippen molar-refractivity contribution in [1.29, 1.82) is 0 Å². The van der Waals surface area contributed by atoms with Gasteiger partial charge in [0, 0.05) is 23.7 Å².